The standard InChI is InChI=1S/C32H57NO5/c1-33(24-29(35)31(37)32(38)30(36)25-34)23-28-20-18-27(19-21-28)22-26-16-14-12-10-8-6-4-2-3-5-7-9-11-13-15-17-26/h18-21,26,29-32,34-38H,2-17,22-25H2,1H3. The molecule has 1 aliphatic carbocycles. The summed E-state index contributed by atoms with van der Waals surface area (Å²) >= 11 is 0. The van der Waals surface area contributed by atoms with Crippen LogP contribution < -0.4 is 0 Å². The maximum atomic E-state index is 10.2. The van der Waals surface area contributed by atoms with Crippen LogP contribution >= 0.6 is 0 Å². The molecule has 6 nitrogen and oxygen atoms in total. The Morgan fingerprint density at radius 1 is 0.632 bits per heavy atom. The second-order valence-electron chi connectivity index (χ2n) is 11.9. The summed E-state index contributed by atoms with van der Waals surface area (Å²) in [7, 11) is 1.85. The zero-order valence-corrected chi connectivity index (χ0v) is 24.0. The molecule has 1 aromatic rings. The number of benzene rings is 1. The van der Waals surface area contributed by atoms with Crippen LogP contribution in [-0.2, 0) is 13.0 Å². The minimum absolute atomic E-state index is 0.139. The van der Waals surface area contributed by atoms with Crippen LogP contribution in [0, 0.1) is 5.92 Å². The van der Waals surface area contributed by atoms with Crippen molar-refractivity contribution in [2.45, 2.75) is 140 Å². The lowest BCUT2D eigenvalue weighted by molar-refractivity contribution is -0.118. The molecule has 1 aromatic carbocycles. The Bertz CT molecular complexity index is 682. The van der Waals surface area contributed by atoms with E-state index in [0.717, 1.165) is 17.9 Å². The van der Waals surface area contributed by atoms with Crippen molar-refractivity contribution in [1.29, 1.82) is 0 Å². The lowest BCUT2D eigenvalue weighted by atomic mass is 9.88. The van der Waals surface area contributed by atoms with E-state index >= 15 is 0 Å². The lowest BCUT2D eigenvalue weighted by Gasteiger charge is -2.28. The van der Waals surface area contributed by atoms with Crippen molar-refractivity contribution >= 4 is 0 Å². The summed E-state index contributed by atoms with van der Waals surface area (Å²) < 4.78 is 0. The van der Waals surface area contributed by atoms with E-state index in [1.54, 1.807) is 0 Å². The first-order valence-electron chi connectivity index (χ1n) is 15.5. The van der Waals surface area contributed by atoms with Crippen molar-refractivity contribution in [3.8, 4) is 0 Å². The Morgan fingerprint density at radius 2 is 1.03 bits per heavy atom. The van der Waals surface area contributed by atoms with Gasteiger partial charge in [-0.05, 0) is 30.5 Å². The highest BCUT2D eigenvalue weighted by atomic mass is 16.4. The van der Waals surface area contributed by atoms with Gasteiger partial charge in [-0.2, -0.15) is 0 Å². The van der Waals surface area contributed by atoms with Crippen LogP contribution in [0.5, 0.6) is 0 Å². The van der Waals surface area contributed by atoms with E-state index in [1.165, 1.54) is 108 Å². The average molecular weight is 536 g/mol. The summed E-state index contributed by atoms with van der Waals surface area (Å²) in [6, 6.07) is 8.77. The highest BCUT2D eigenvalue weighted by molar-refractivity contribution is 5.23. The first-order valence-corrected chi connectivity index (χ1v) is 15.5. The van der Waals surface area contributed by atoms with E-state index in [1.807, 2.05) is 11.9 Å². The van der Waals surface area contributed by atoms with Crippen molar-refractivity contribution in [1.82, 2.24) is 4.90 Å². The van der Waals surface area contributed by atoms with E-state index in [4.69, 9.17) is 5.11 Å². The minimum Gasteiger partial charge on any atom is -0.394 e. The van der Waals surface area contributed by atoms with Gasteiger partial charge >= 0.3 is 0 Å². The van der Waals surface area contributed by atoms with Gasteiger partial charge in [0, 0.05) is 13.1 Å². The highest BCUT2D eigenvalue weighted by Gasteiger charge is 2.30. The molecule has 6 heteroatoms. The third-order valence-corrected chi connectivity index (χ3v) is 8.30. The van der Waals surface area contributed by atoms with Gasteiger partial charge in [0.2, 0.25) is 0 Å². The Balaban J connectivity index is 1.82. The zero-order chi connectivity index (χ0) is 27.6. The van der Waals surface area contributed by atoms with Crippen LogP contribution in [0.4, 0.5) is 0 Å². The largest absolute Gasteiger partial charge is 0.394 e. The van der Waals surface area contributed by atoms with Gasteiger partial charge in [0.05, 0.1) is 12.7 Å². The monoisotopic (exact) mass is 535 g/mol. The van der Waals surface area contributed by atoms with E-state index < -0.39 is 31.0 Å². The molecule has 0 aromatic heterocycles. The normalized spacial score (nSPS) is 21.4. The van der Waals surface area contributed by atoms with Crippen LogP contribution in [0.2, 0.25) is 0 Å². The first kappa shape index (κ1) is 33.2. The predicted octanol–water partition coefficient (Wildman–Crippen LogP) is 4.97. The number of aliphatic hydroxyl groups excluding tert-OH is 5. The Labute approximate surface area is 232 Å². The van der Waals surface area contributed by atoms with E-state index in [9.17, 15) is 20.4 Å². The molecule has 38 heavy (non-hydrogen) atoms. The molecule has 1 fully saturated rings. The zero-order valence-electron chi connectivity index (χ0n) is 24.0. The molecule has 5 N–H and O–H groups in total. The summed E-state index contributed by atoms with van der Waals surface area (Å²) in [6.45, 7) is 0.0698. The van der Waals surface area contributed by atoms with Crippen molar-refractivity contribution in [2.75, 3.05) is 20.2 Å². The molecule has 0 aliphatic heterocycles. The Morgan fingerprint density at radius 3 is 1.47 bits per heavy atom. The fourth-order valence-corrected chi connectivity index (χ4v) is 5.82. The van der Waals surface area contributed by atoms with Gasteiger partial charge in [-0.1, -0.05) is 127 Å². The molecule has 4 atom stereocenters. The molecule has 0 radical (unpaired) electrons. The molecule has 0 heterocycles. The van der Waals surface area contributed by atoms with Gasteiger partial charge in [-0.25, -0.2) is 0 Å². The highest BCUT2D eigenvalue weighted by Crippen LogP contribution is 2.24. The van der Waals surface area contributed by atoms with Gasteiger partial charge < -0.3 is 25.5 Å². The molecular formula is C32H57NO5. The molecular weight excluding hydrogens is 478 g/mol. The van der Waals surface area contributed by atoms with Crippen LogP contribution in [0.3, 0.4) is 0 Å². The SMILES string of the molecule is CN(Cc1ccc(CC2CCCCCCCCCCCCCCCC2)cc1)CC(O)C(O)C(O)C(O)CO. The molecule has 220 valence electrons. The predicted molar refractivity (Wildman–Crippen MR) is 155 cm³/mol. The van der Waals surface area contributed by atoms with E-state index in [-0.39, 0.29) is 6.54 Å². The number of hydrogen-bond acceptors (Lipinski definition) is 6. The van der Waals surface area contributed by atoms with Gasteiger partial charge in [-0.3, -0.25) is 4.90 Å². The number of rotatable bonds is 10. The summed E-state index contributed by atoms with van der Waals surface area (Å²) in [5.41, 5.74) is 2.52. The molecule has 1 saturated carbocycles. The van der Waals surface area contributed by atoms with Crippen molar-refractivity contribution < 1.29 is 25.5 Å². The van der Waals surface area contributed by atoms with Gasteiger partial charge in [0.25, 0.3) is 0 Å². The van der Waals surface area contributed by atoms with Crippen molar-refractivity contribution in [2.24, 2.45) is 5.92 Å². The van der Waals surface area contributed by atoms with Gasteiger partial charge in [0.15, 0.2) is 0 Å². The van der Waals surface area contributed by atoms with Crippen LogP contribution in [-0.4, -0.2) is 75.0 Å². The maximum absolute atomic E-state index is 10.2. The van der Waals surface area contributed by atoms with Crippen molar-refractivity contribution in [3.63, 3.8) is 0 Å². The van der Waals surface area contributed by atoms with Gasteiger partial charge in [-0.15, -0.1) is 0 Å². The summed E-state index contributed by atoms with van der Waals surface area (Å²) in [5, 5.41) is 48.6. The molecule has 0 spiro atoms. The molecule has 1 aliphatic rings. The second-order valence-corrected chi connectivity index (χ2v) is 11.9. The smallest absolute Gasteiger partial charge is 0.111 e. The topological polar surface area (TPSA) is 104 Å². The number of nitrogens with zero attached hydrogens (tertiary/aromatic N) is 1. The van der Waals surface area contributed by atoms with Gasteiger partial charge in [0.1, 0.15) is 18.3 Å². The third kappa shape index (κ3) is 13.9. The summed E-state index contributed by atoms with van der Waals surface area (Å²) in [4.78, 5) is 1.88. The summed E-state index contributed by atoms with van der Waals surface area (Å²) in [5.74, 6) is 0.761. The Hall–Kier alpha value is -1.02. The fourth-order valence-electron chi connectivity index (χ4n) is 5.82. The van der Waals surface area contributed by atoms with E-state index in [0.29, 0.717) is 6.54 Å². The molecule has 0 amide bonds. The lowest BCUT2D eigenvalue weighted by Crippen LogP contribution is -2.49. The van der Waals surface area contributed by atoms with Crippen molar-refractivity contribution in [3.05, 3.63) is 35.4 Å². The third-order valence-electron chi connectivity index (χ3n) is 8.30. The number of aliphatic hydroxyl groups is 5. The maximum Gasteiger partial charge on any atom is 0.111 e. The average Bonchev–Trinajstić information content (AvgIpc) is 2.92. The molecule has 0 saturated heterocycles. The Kier molecular flexibility index (Phi) is 17.4. The van der Waals surface area contributed by atoms with Crippen LogP contribution in [0.25, 0.3) is 0 Å². The minimum atomic E-state index is -1.59. The second kappa shape index (κ2) is 19.9. The fraction of sp³-hybridized carbons (Fsp3) is 0.812. The first-order chi connectivity index (χ1) is 18.4. The number of likely N-dealkylation sites (N-methyl/N-ethyl adjacent to an activating group) is 1. The quantitative estimate of drug-likeness (QED) is 0.290. The van der Waals surface area contributed by atoms with Crippen LogP contribution in [0.1, 0.15) is 114 Å². The number of hydrogen-bond donors (Lipinski definition) is 5. The van der Waals surface area contributed by atoms with E-state index in [2.05, 4.69) is 24.3 Å². The van der Waals surface area contributed by atoms with Crippen LogP contribution in [0.15, 0.2) is 24.3 Å². The molecule has 4 unspecified atom stereocenters. The molecule has 0 bridgehead atoms. The summed E-state index contributed by atoms with van der Waals surface area (Å²) in [6.07, 6.45) is 17.6. The molecule has 2 rings (SSSR count).